The molecule has 3 aromatic carbocycles. The van der Waals surface area contributed by atoms with Crippen LogP contribution in [0.15, 0.2) is 36.4 Å². The third-order valence-electron chi connectivity index (χ3n) is 6.12. The Hall–Kier alpha value is -2.30. The van der Waals surface area contributed by atoms with Crippen LogP contribution < -0.4 is 9.47 Å². The number of fused-ring (bicyclic) bond motifs is 7. The molecule has 4 nitrogen and oxygen atoms in total. The first kappa shape index (κ1) is 15.9. The molecule has 1 saturated heterocycles. The van der Waals surface area contributed by atoms with Crippen molar-refractivity contribution < 1.29 is 14.6 Å². The fourth-order valence-electron chi connectivity index (χ4n) is 4.92. The van der Waals surface area contributed by atoms with Crippen molar-refractivity contribution in [3.05, 3.63) is 47.5 Å². The highest BCUT2D eigenvalue weighted by atomic mass is 16.5. The zero-order valence-corrected chi connectivity index (χ0v) is 15.2. The van der Waals surface area contributed by atoms with E-state index in [9.17, 15) is 5.11 Å². The van der Waals surface area contributed by atoms with Crippen molar-refractivity contribution in [2.24, 2.45) is 0 Å². The molecule has 0 spiro atoms. The summed E-state index contributed by atoms with van der Waals surface area (Å²) < 4.78 is 11.1. The Morgan fingerprint density at radius 3 is 2.38 bits per heavy atom. The predicted molar refractivity (Wildman–Crippen MR) is 103 cm³/mol. The third kappa shape index (κ3) is 2.09. The summed E-state index contributed by atoms with van der Waals surface area (Å²) in [5, 5.41) is 15.8. The highest BCUT2D eigenvalue weighted by molar-refractivity contribution is 6.12. The lowest BCUT2D eigenvalue weighted by atomic mass is 9.83. The molecule has 4 heteroatoms. The quantitative estimate of drug-likeness (QED) is 0.710. The second kappa shape index (κ2) is 5.86. The van der Waals surface area contributed by atoms with E-state index >= 15 is 0 Å². The molecule has 1 N–H and O–H groups in total. The Morgan fingerprint density at radius 1 is 0.962 bits per heavy atom. The zero-order valence-electron chi connectivity index (χ0n) is 15.2. The van der Waals surface area contributed by atoms with Crippen LogP contribution in [0.5, 0.6) is 11.5 Å². The second-order valence-electron chi connectivity index (χ2n) is 7.32. The van der Waals surface area contributed by atoms with Crippen molar-refractivity contribution >= 4 is 21.5 Å². The van der Waals surface area contributed by atoms with Crippen LogP contribution in [-0.4, -0.2) is 36.8 Å². The van der Waals surface area contributed by atoms with Gasteiger partial charge in [-0.15, -0.1) is 0 Å². The van der Waals surface area contributed by atoms with Crippen molar-refractivity contribution in [1.82, 2.24) is 4.90 Å². The number of benzene rings is 3. The van der Waals surface area contributed by atoms with Crippen LogP contribution in [0.4, 0.5) is 0 Å². The Morgan fingerprint density at radius 2 is 1.65 bits per heavy atom. The maximum Gasteiger partial charge on any atom is 0.161 e. The normalized spacial score (nSPS) is 22.4. The summed E-state index contributed by atoms with van der Waals surface area (Å²) in [6.45, 7) is 1.94. The molecular weight excluding hydrogens is 326 g/mol. The fraction of sp³-hybridized carbons (Fsp3) is 0.364. The van der Waals surface area contributed by atoms with Gasteiger partial charge in [-0.05, 0) is 64.2 Å². The minimum absolute atomic E-state index is 0.239. The summed E-state index contributed by atoms with van der Waals surface area (Å²) in [6.07, 6.45) is 1.78. The van der Waals surface area contributed by atoms with Crippen LogP contribution in [0, 0.1) is 0 Å². The number of ether oxygens (including phenoxy) is 2. The van der Waals surface area contributed by atoms with Crippen molar-refractivity contribution in [3.63, 3.8) is 0 Å². The van der Waals surface area contributed by atoms with Crippen molar-refractivity contribution in [3.8, 4) is 11.5 Å². The number of aliphatic hydroxyl groups excluding tert-OH is 1. The van der Waals surface area contributed by atoms with Crippen molar-refractivity contribution in [2.45, 2.75) is 31.5 Å². The SMILES string of the molecule is COc1cc2c3c(c4ccccc4c2cc1OC)[C@@H](O)[C@H]1CCCN1C3. The Kier molecular flexibility index (Phi) is 3.59. The van der Waals surface area contributed by atoms with Gasteiger partial charge < -0.3 is 14.6 Å². The molecule has 0 bridgehead atoms. The number of methoxy groups -OCH3 is 2. The molecule has 2 atom stereocenters. The minimum Gasteiger partial charge on any atom is -0.493 e. The summed E-state index contributed by atoms with van der Waals surface area (Å²) in [7, 11) is 3.34. The highest BCUT2D eigenvalue weighted by Gasteiger charge is 2.38. The first-order chi connectivity index (χ1) is 12.7. The van der Waals surface area contributed by atoms with Crippen LogP contribution in [-0.2, 0) is 6.54 Å². The predicted octanol–water partition coefficient (Wildman–Crippen LogP) is 4.02. The van der Waals surface area contributed by atoms with Crippen molar-refractivity contribution in [1.29, 1.82) is 0 Å². The first-order valence-electron chi connectivity index (χ1n) is 9.24. The molecule has 0 saturated carbocycles. The van der Waals surface area contributed by atoms with E-state index in [4.69, 9.17) is 9.47 Å². The number of hydrogen-bond acceptors (Lipinski definition) is 4. The number of nitrogens with zero attached hydrogens (tertiary/aromatic N) is 1. The van der Waals surface area contributed by atoms with Gasteiger partial charge in [0.2, 0.25) is 0 Å². The van der Waals surface area contributed by atoms with Gasteiger partial charge in [0.25, 0.3) is 0 Å². The maximum absolute atomic E-state index is 11.2. The molecule has 134 valence electrons. The van der Waals surface area contributed by atoms with Crippen LogP contribution in [0.3, 0.4) is 0 Å². The van der Waals surface area contributed by atoms with E-state index in [1.807, 2.05) is 0 Å². The fourth-order valence-corrected chi connectivity index (χ4v) is 4.92. The average Bonchev–Trinajstić information content (AvgIpc) is 3.16. The topological polar surface area (TPSA) is 41.9 Å². The molecule has 2 aliphatic heterocycles. The van der Waals surface area contributed by atoms with Crippen LogP contribution in [0.1, 0.15) is 30.1 Å². The molecule has 2 aliphatic rings. The monoisotopic (exact) mass is 349 g/mol. The highest BCUT2D eigenvalue weighted by Crippen LogP contribution is 2.46. The summed E-state index contributed by atoms with van der Waals surface area (Å²) >= 11 is 0. The van der Waals surface area contributed by atoms with Gasteiger partial charge in [-0.25, -0.2) is 0 Å². The van der Waals surface area contributed by atoms with E-state index < -0.39 is 6.10 Å². The van der Waals surface area contributed by atoms with Crippen LogP contribution in [0.25, 0.3) is 21.5 Å². The van der Waals surface area contributed by atoms with Gasteiger partial charge in [-0.3, -0.25) is 4.90 Å². The van der Waals surface area contributed by atoms with Crippen LogP contribution in [0.2, 0.25) is 0 Å². The Labute approximate surface area is 152 Å². The summed E-state index contributed by atoms with van der Waals surface area (Å²) in [5.74, 6) is 1.47. The lowest BCUT2D eigenvalue weighted by Gasteiger charge is -2.37. The molecule has 0 amide bonds. The van der Waals surface area contributed by atoms with Gasteiger partial charge in [0.15, 0.2) is 11.5 Å². The van der Waals surface area contributed by atoms with Gasteiger partial charge in [-0.2, -0.15) is 0 Å². The van der Waals surface area contributed by atoms with Gasteiger partial charge in [0.1, 0.15) is 0 Å². The molecule has 1 fully saturated rings. The van der Waals surface area contributed by atoms with Gasteiger partial charge in [0.05, 0.1) is 20.3 Å². The first-order valence-corrected chi connectivity index (χ1v) is 9.24. The molecule has 3 aromatic rings. The number of rotatable bonds is 2. The largest absolute Gasteiger partial charge is 0.493 e. The minimum atomic E-state index is -0.441. The lowest BCUT2D eigenvalue weighted by Crippen LogP contribution is -2.39. The number of aliphatic hydroxyl groups is 1. The second-order valence-corrected chi connectivity index (χ2v) is 7.32. The standard InChI is InChI=1S/C22H23NO3/c1-25-19-10-15-13-6-3-4-7-14(13)21-17(16(15)11-20(19)26-2)12-23-9-5-8-18(23)22(21)24/h3-4,6-7,10-11,18,22,24H,5,8-9,12H2,1-2H3/t18-,22+/m1/s1. The van der Waals surface area contributed by atoms with E-state index in [2.05, 4.69) is 41.3 Å². The molecule has 26 heavy (non-hydrogen) atoms. The summed E-state index contributed by atoms with van der Waals surface area (Å²) in [4.78, 5) is 2.43. The smallest absolute Gasteiger partial charge is 0.161 e. The van der Waals surface area contributed by atoms with E-state index in [1.54, 1.807) is 14.2 Å². The number of hydrogen-bond donors (Lipinski definition) is 1. The molecule has 0 unspecified atom stereocenters. The van der Waals surface area contributed by atoms with Crippen molar-refractivity contribution in [2.75, 3.05) is 20.8 Å². The van der Waals surface area contributed by atoms with Crippen LogP contribution >= 0.6 is 0 Å². The average molecular weight is 349 g/mol. The molecule has 0 aromatic heterocycles. The van der Waals surface area contributed by atoms with Gasteiger partial charge in [0, 0.05) is 12.6 Å². The summed E-state index contributed by atoms with van der Waals surface area (Å²) in [5.41, 5.74) is 2.33. The molecular formula is C22H23NO3. The Bertz CT molecular complexity index is 1010. The maximum atomic E-state index is 11.2. The van der Waals surface area contributed by atoms with E-state index in [-0.39, 0.29) is 6.04 Å². The molecule has 0 aliphatic carbocycles. The Balaban J connectivity index is 1.91. The zero-order chi connectivity index (χ0) is 17.8. The van der Waals surface area contributed by atoms with E-state index in [1.165, 1.54) is 5.56 Å². The molecule has 2 heterocycles. The molecule has 5 rings (SSSR count). The summed E-state index contributed by atoms with van der Waals surface area (Å²) in [6, 6.07) is 12.8. The van der Waals surface area contributed by atoms with Gasteiger partial charge >= 0.3 is 0 Å². The molecule has 0 radical (unpaired) electrons. The van der Waals surface area contributed by atoms with Gasteiger partial charge in [-0.1, -0.05) is 24.3 Å². The van der Waals surface area contributed by atoms with E-state index in [0.29, 0.717) is 0 Å². The lowest BCUT2D eigenvalue weighted by molar-refractivity contribution is 0.0552. The van der Waals surface area contributed by atoms with E-state index in [0.717, 1.165) is 64.5 Å². The third-order valence-corrected chi connectivity index (χ3v) is 6.12.